The van der Waals surface area contributed by atoms with Crippen molar-refractivity contribution in [3.63, 3.8) is 0 Å². The van der Waals surface area contributed by atoms with Crippen LogP contribution in [-0.4, -0.2) is 40.4 Å². The van der Waals surface area contributed by atoms with E-state index in [2.05, 4.69) is 31.1 Å². The SMILES string of the molecule is Cc1ccccc1-n1nnnc1-c1ccc(-c2nnnn2-c2ccccc2C)cc1. The lowest BCUT2D eigenvalue weighted by molar-refractivity contribution is 0.787. The molecular formula is C22H18N8. The number of hydrogen-bond donors (Lipinski definition) is 0. The van der Waals surface area contributed by atoms with Crippen LogP contribution in [0.3, 0.4) is 0 Å². The van der Waals surface area contributed by atoms with Gasteiger partial charge in [-0.05, 0) is 58.0 Å². The third-order valence-electron chi connectivity index (χ3n) is 5.03. The van der Waals surface area contributed by atoms with Crippen molar-refractivity contribution < 1.29 is 0 Å². The van der Waals surface area contributed by atoms with E-state index < -0.39 is 0 Å². The van der Waals surface area contributed by atoms with Crippen molar-refractivity contribution >= 4 is 0 Å². The molecule has 146 valence electrons. The molecule has 30 heavy (non-hydrogen) atoms. The Hall–Kier alpha value is -4.20. The van der Waals surface area contributed by atoms with Crippen LogP contribution in [0.2, 0.25) is 0 Å². The average Bonchev–Trinajstić information content (AvgIpc) is 3.45. The zero-order chi connectivity index (χ0) is 20.5. The fourth-order valence-corrected chi connectivity index (χ4v) is 3.43. The molecule has 0 aliphatic carbocycles. The summed E-state index contributed by atoms with van der Waals surface area (Å²) in [6, 6.07) is 23.9. The van der Waals surface area contributed by atoms with E-state index in [0.717, 1.165) is 33.6 Å². The van der Waals surface area contributed by atoms with E-state index in [1.807, 2.05) is 86.6 Å². The second kappa shape index (κ2) is 7.32. The molecule has 0 fully saturated rings. The smallest absolute Gasteiger partial charge is 0.187 e. The molecule has 3 aromatic carbocycles. The molecule has 0 unspecified atom stereocenters. The van der Waals surface area contributed by atoms with Crippen molar-refractivity contribution in [2.75, 3.05) is 0 Å². The molecule has 8 heteroatoms. The normalized spacial score (nSPS) is 11.0. The van der Waals surface area contributed by atoms with E-state index in [4.69, 9.17) is 0 Å². The summed E-state index contributed by atoms with van der Waals surface area (Å²) in [6.45, 7) is 4.07. The van der Waals surface area contributed by atoms with Gasteiger partial charge in [-0.15, -0.1) is 10.2 Å². The van der Waals surface area contributed by atoms with Crippen LogP contribution in [0.1, 0.15) is 11.1 Å². The Bertz CT molecular complexity index is 1210. The van der Waals surface area contributed by atoms with E-state index in [-0.39, 0.29) is 0 Å². The average molecular weight is 394 g/mol. The van der Waals surface area contributed by atoms with Gasteiger partial charge in [0.25, 0.3) is 0 Å². The maximum atomic E-state index is 4.23. The fraction of sp³-hybridized carbons (Fsp3) is 0.0909. The van der Waals surface area contributed by atoms with Gasteiger partial charge in [-0.25, -0.2) is 0 Å². The number of tetrazole rings is 2. The molecule has 0 saturated carbocycles. The summed E-state index contributed by atoms with van der Waals surface area (Å²) in [6.07, 6.45) is 0. The van der Waals surface area contributed by atoms with Crippen molar-refractivity contribution in [1.82, 2.24) is 40.4 Å². The van der Waals surface area contributed by atoms with Crippen LogP contribution >= 0.6 is 0 Å². The zero-order valence-electron chi connectivity index (χ0n) is 16.5. The third-order valence-corrected chi connectivity index (χ3v) is 5.03. The highest BCUT2D eigenvalue weighted by atomic mass is 15.5. The first-order valence-electron chi connectivity index (χ1n) is 9.52. The largest absolute Gasteiger partial charge is 0.193 e. The Balaban J connectivity index is 1.53. The molecule has 8 nitrogen and oxygen atoms in total. The van der Waals surface area contributed by atoms with Crippen molar-refractivity contribution in [2.24, 2.45) is 0 Å². The molecule has 0 saturated heterocycles. The summed E-state index contributed by atoms with van der Waals surface area (Å²) in [7, 11) is 0. The molecule has 2 aromatic heterocycles. The molecule has 2 heterocycles. The van der Waals surface area contributed by atoms with E-state index in [9.17, 15) is 0 Å². The Labute approximate surface area is 172 Å². The summed E-state index contributed by atoms with van der Waals surface area (Å²) in [5.41, 5.74) is 5.90. The highest BCUT2D eigenvalue weighted by molar-refractivity contribution is 5.65. The van der Waals surface area contributed by atoms with Gasteiger partial charge in [0.15, 0.2) is 11.6 Å². The van der Waals surface area contributed by atoms with E-state index in [1.54, 1.807) is 9.36 Å². The molecule has 0 bridgehead atoms. The third kappa shape index (κ3) is 3.04. The van der Waals surface area contributed by atoms with Gasteiger partial charge < -0.3 is 0 Å². The van der Waals surface area contributed by atoms with Gasteiger partial charge in [-0.2, -0.15) is 9.36 Å². The molecule has 0 amide bonds. The molecule has 5 aromatic rings. The van der Waals surface area contributed by atoms with Crippen molar-refractivity contribution in [3.05, 3.63) is 83.9 Å². The van der Waals surface area contributed by atoms with Gasteiger partial charge in [-0.1, -0.05) is 60.7 Å². The lowest BCUT2D eigenvalue weighted by atomic mass is 10.1. The van der Waals surface area contributed by atoms with E-state index in [1.165, 1.54) is 0 Å². The number of para-hydroxylation sites is 2. The van der Waals surface area contributed by atoms with Crippen molar-refractivity contribution in [3.8, 4) is 34.2 Å². The quantitative estimate of drug-likeness (QED) is 0.463. The Morgan fingerprint density at radius 2 is 0.933 bits per heavy atom. The van der Waals surface area contributed by atoms with Crippen molar-refractivity contribution in [2.45, 2.75) is 13.8 Å². The lowest BCUT2D eigenvalue weighted by Gasteiger charge is -2.09. The van der Waals surface area contributed by atoms with Crippen LogP contribution in [-0.2, 0) is 0 Å². The Kier molecular flexibility index (Phi) is 4.36. The van der Waals surface area contributed by atoms with Crippen LogP contribution in [0.5, 0.6) is 0 Å². The molecule has 0 aliphatic heterocycles. The summed E-state index contributed by atoms with van der Waals surface area (Å²) in [5, 5.41) is 24.6. The first-order chi connectivity index (χ1) is 14.7. The minimum atomic E-state index is 0.675. The van der Waals surface area contributed by atoms with Gasteiger partial charge in [0.05, 0.1) is 11.4 Å². The summed E-state index contributed by atoms with van der Waals surface area (Å²) < 4.78 is 3.50. The lowest BCUT2D eigenvalue weighted by Crippen LogP contribution is -2.03. The van der Waals surface area contributed by atoms with Gasteiger partial charge in [0.1, 0.15) is 0 Å². The summed E-state index contributed by atoms with van der Waals surface area (Å²) in [5.74, 6) is 1.35. The number of aromatic nitrogens is 8. The second-order valence-corrected chi connectivity index (χ2v) is 6.98. The van der Waals surface area contributed by atoms with Gasteiger partial charge >= 0.3 is 0 Å². The molecule has 0 atom stereocenters. The number of aryl methyl sites for hydroxylation is 2. The van der Waals surface area contributed by atoms with E-state index in [0.29, 0.717) is 11.6 Å². The highest BCUT2D eigenvalue weighted by Crippen LogP contribution is 2.26. The molecular weight excluding hydrogens is 376 g/mol. The van der Waals surface area contributed by atoms with Gasteiger partial charge in [0.2, 0.25) is 0 Å². The van der Waals surface area contributed by atoms with Crippen LogP contribution in [0.25, 0.3) is 34.2 Å². The Morgan fingerprint density at radius 3 is 1.33 bits per heavy atom. The molecule has 0 N–H and O–H groups in total. The predicted octanol–water partition coefficient (Wildman–Crippen LogP) is 3.59. The summed E-state index contributed by atoms with van der Waals surface area (Å²) in [4.78, 5) is 0. The topological polar surface area (TPSA) is 87.2 Å². The number of benzene rings is 3. The summed E-state index contributed by atoms with van der Waals surface area (Å²) >= 11 is 0. The van der Waals surface area contributed by atoms with Crippen molar-refractivity contribution in [1.29, 1.82) is 0 Å². The monoisotopic (exact) mass is 394 g/mol. The Morgan fingerprint density at radius 1 is 0.533 bits per heavy atom. The maximum absolute atomic E-state index is 4.23. The van der Waals surface area contributed by atoms with E-state index >= 15 is 0 Å². The minimum absolute atomic E-state index is 0.675. The van der Waals surface area contributed by atoms with Crippen LogP contribution < -0.4 is 0 Å². The fourth-order valence-electron chi connectivity index (χ4n) is 3.43. The number of nitrogens with zero attached hydrogens (tertiary/aromatic N) is 8. The minimum Gasteiger partial charge on any atom is -0.193 e. The number of rotatable bonds is 4. The first-order valence-corrected chi connectivity index (χ1v) is 9.52. The molecule has 5 rings (SSSR count). The van der Waals surface area contributed by atoms with Crippen LogP contribution in [0, 0.1) is 13.8 Å². The predicted molar refractivity (Wildman–Crippen MR) is 112 cm³/mol. The van der Waals surface area contributed by atoms with Gasteiger partial charge in [0, 0.05) is 11.1 Å². The van der Waals surface area contributed by atoms with Gasteiger partial charge in [-0.3, -0.25) is 0 Å². The molecule has 0 radical (unpaired) electrons. The molecule has 0 spiro atoms. The maximum Gasteiger partial charge on any atom is 0.187 e. The van der Waals surface area contributed by atoms with Crippen LogP contribution in [0.15, 0.2) is 72.8 Å². The molecule has 0 aliphatic rings. The highest BCUT2D eigenvalue weighted by Gasteiger charge is 2.15. The number of hydrogen-bond acceptors (Lipinski definition) is 6. The van der Waals surface area contributed by atoms with Crippen LogP contribution in [0.4, 0.5) is 0 Å². The first kappa shape index (κ1) is 17.9. The zero-order valence-corrected chi connectivity index (χ0v) is 16.5. The second-order valence-electron chi connectivity index (χ2n) is 6.98. The standard InChI is InChI=1S/C22H18N8/c1-15-7-3-5-9-19(15)29-21(23-25-27-29)17-11-13-18(14-12-17)22-24-26-28-30(22)20-10-6-4-8-16(20)2/h3-14H,1-2H3.